The smallest absolute Gasteiger partial charge is 0.336 e. The molecule has 0 aliphatic rings. The van der Waals surface area contributed by atoms with Gasteiger partial charge in [-0.25, -0.2) is 9.78 Å². The van der Waals surface area contributed by atoms with E-state index in [2.05, 4.69) is 4.98 Å². The predicted molar refractivity (Wildman–Crippen MR) is 78.6 cm³/mol. The first-order chi connectivity index (χ1) is 9.65. The van der Waals surface area contributed by atoms with Crippen LogP contribution in [0.1, 0.15) is 10.4 Å². The first-order valence-corrected chi connectivity index (χ1v) is 6.13. The third kappa shape index (κ3) is 2.07. The van der Waals surface area contributed by atoms with Crippen LogP contribution in [0.3, 0.4) is 0 Å². The molecule has 0 atom stereocenters. The molecule has 0 fully saturated rings. The van der Waals surface area contributed by atoms with Gasteiger partial charge >= 0.3 is 5.97 Å². The molecule has 0 amide bonds. The van der Waals surface area contributed by atoms with Crippen LogP contribution in [0.4, 0.5) is 5.82 Å². The van der Waals surface area contributed by atoms with Crippen LogP contribution in [-0.2, 0) is 0 Å². The average molecular weight is 264 g/mol. The molecular weight excluding hydrogens is 252 g/mol. The highest BCUT2D eigenvalue weighted by atomic mass is 16.4. The minimum absolute atomic E-state index is 0.309. The summed E-state index contributed by atoms with van der Waals surface area (Å²) in [6.45, 7) is 0. The molecular formula is C16H12N2O2. The number of carboxylic acid groups (broad SMARTS) is 1. The summed E-state index contributed by atoms with van der Waals surface area (Å²) in [6.07, 6.45) is 1.66. The van der Waals surface area contributed by atoms with Crippen molar-refractivity contribution in [3.05, 3.63) is 60.3 Å². The Morgan fingerprint density at radius 1 is 1.05 bits per heavy atom. The lowest BCUT2D eigenvalue weighted by Gasteiger charge is -2.06. The van der Waals surface area contributed by atoms with Crippen LogP contribution in [0.5, 0.6) is 0 Å². The molecule has 0 unspecified atom stereocenters. The van der Waals surface area contributed by atoms with E-state index in [-0.39, 0.29) is 0 Å². The Bertz CT molecular complexity index is 812. The number of aromatic nitrogens is 1. The van der Waals surface area contributed by atoms with Crippen LogP contribution in [-0.4, -0.2) is 16.1 Å². The fourth-order valence-electron chi connectivity index (χ4n) is 2.28. The van der Waals surface area contributed by atoms with Gasteiger partial charge in [0.25, 0.3) is 0 Å². The van der Waals surface area contributed by atoms with Crippen LogP contribution in [0.25, 0.3) is 21.9 Å². The minimum atomic E-state index is -0.920. The Morgan fingerprint density at radius 3 is 2.60 bits per heavy atom. The minimum Gasteiger partial charge on any atom is -0.478 e. The lowest BCUT2D eigenvalue weighted by atomic mass is 9.99. The van der Waals surface area contributed by atoms with Gasteiger partial charge in [-0.1, -0.05) is 24.3 Å². The van der Waals surface area contributed by atoms with Crippen molar-refractivity contribution in [2.45, 2.75) is 0 Å². The summed E-state index contributed by atoms with van der Waals surface area (Å²) in [5.74, 6) is -0.460. The highest BCUT2D eigenvalue weighted by Crippen LogP contribution is 2.26. The summed E-state index contributed by atoms with van der Waals surface area (Å²) in [6, 6.07) is 14.6. The van der Waals surface area contributed by atoms with Gasteiger partial charge in [-0.05, 0) is 46.2 Å². The van der Waals surface area contributed by atoms with E-state index < -0.39 is 5.97 Å². The first-order valence-electron chi connectivity index (χ1n) is 6.13. The van der Waals surface area contributed by atoms with Gasteiger partial charge in [-0.2, -0.15) is 0 Å². The Labute approximate surface area is 115 Å². The van der Waals surface area contributed by atoms with E-state index in [0.29, 0.717) is 11.4 Å². The largest absolute Gasteiger partial charge is 0.478 e. The topological polar surface area (TPSA) is 76.2 Å². The molecule has 20 heavy (non-hydrogen) atoms. The molecule has 0 bridgehead atoms. The number of aromatic carboxylic acids is 1. The normalized spacial score (nSPS) is 10.6. The molecule has 0 saturated heterocycles. The molecule has 98 valence electrons. The van der Waals surface area contributed by atoms with E-state index >= 15 is 0 Å². The zero-order chi connectivity index (χ0) is 14.1. The number of pyridine rings is 1. The quantitative estimate of drug-likeness (QED) is 0.745. The van der Waals surface area contributed by atoms with E-state index in [0.717, 1.165) is 21.9 Å². The second-order valence-electron chi connectivity index (χ2n) is 4.52. The van der Waals surface area contributed by atoms with Crippen molar-refractivity contribution < 1.29 is 9.90 Å². The fraction of sp³-hybridized carbons (Fsp3) is 0. The monoisotopic (exact) mass is 264 g/mol. The Morgan fingerprint density at radius 2 is 1.85 bits per heavy atom. The molecule has 1 aromatic heterocycles. The third-order valence-corrected chi connectivity index (χ3v) is 3.23. The molecule has 0 saturated carbocycles. The molecule has 0 aliphatic carbocycles. The van der Waals surface area contributed by atoms with Crippen LogP contribution in [0.15, 0.2) is 54.7 Å². The SMILES string of the molecule is Nc1cc(-c2ccc3c(C(=O)O)cccc3c2)ccn1. The van der Waals surface area contributed by atoms with Crippen molar-refractivity contribution in [2.24, 2.45) is 0 Å². The summed E-state index contributed by atoms with van der Waals surface area (Å²) in [4.78, 5) is 15.2. The van der Waals surface area contributed by atoms with Gasteiger partial charge < -0.3 is 10.8 Å². The van der Waals surface area contributed by atoms with Gasteiger partial charge in [-0.3, -0.25) is 0 Å². The van der Waals surface area contributed by atoms with Crippen molar-refractivity contribution >= 4 is 22.6 Å². The van der Waals surface area contributed by atoms with Crippen molar-refractivity contribution in [3.63, 3.8) is 0 Å². The molecule has 0 aliphatic heterocycles. The highest BCUT2D eigenvalue weighted by molar-refractivity contribution is 6.04. The lowest BCUT2D eigenvalue weighted by Crippen LogP contribution is -1.97. The maximum atomic E-state index is 11.2. The van der Waals surface area contributed by atoms with E-state index in [1.807, 2.05) is 30.3 Å². The third-order valence-electron chi connectivity index (χ3n) is 3.23. The Balaban J connectivity index is 2.19. The number of carbonyl (C=O) groups is 1. The maximum absolute atomic E-state index is 11.2. The second kappa shape index (κ2) is 4.66. The van der Waals surface area contributed by atoms with Crippen molar-refractivity contribution in [1.82, 2.24) is 4.98 Å². The number of carboxylic acids is 1. The van der Waals surface area contributed by atoms with Gasteiger partial charge in [0.15, 0.2) is 0 Å². The molecule has 0 radical (unpaired) electrons. The summed E-state index contributed by atoms with van der Waals surface area (Å²) in [5, 5.41) is 10.8. The number of hydrogen-bond donors (Lipinski definition) is 2. The number of fused-ring (bicyclic) bond motifs is 1. The summed E-state index contributed by atoms with van der Waals surface area (Å²) in [5.41, 5.74) is 7.93. The van der Waals surface area contributed by atoms with Gasteiger partial charge in [0, 0.05) is 6.20 Å². The standard InChI is InChI=1S/C16H12N2O2/c17-15-9-11(6-7-18-15)10-4-5-13-12(8-10)2-1-3-14(13)16(19)20/h1-9H,(H2,17,18)(H,19,20). The van der Waals surface area contributed by atoms with Gasteiger partial charge in [-0.15, -0.1) is 0 Å². The molecule has 3 N–H and O–H groups in total. The predicted octanol–water partition coefficient (Wildman–Crippen LogP) is 3.18. The average Bonchev–Trinajstić information content (AvgIpc) is 2.46. The van der Waals surface area contributed by atoms with Gasteiger partial charge in [0.2, 0.25) is 0 Å². The number of nitrogen functional groups attached to an aromatic ring is 1. The van der Waals surface area contributed by atoms with Crippen molar-refractivity contribution in [1.29, 1.82) is 0 Å². The molecule has 3 aromatic rings. The zero-order valence-corrected chi connectivity index (χ0v) is 10.6. The van der Waals surface area contributed by atoms with Gasteiger partial charge in [0.1, 0.15) is 5.82 Å². The lowest BCUT2D eigenvalue weighted by molar-refractivity contribution is 0.0699. The fourth-order valence-corrected chi connectivity index (χ4v) is 2.28. The number of benzene rings is 2. The second-order valence-corrected chi connectivity index (χ2v) is 4.52. The van der Waals surface area contributed by atoms with E-state index in [4.69, 9.17) is 5.73 Å². The van der Waals surface area contributed by atoms with Crippen LogP contribution in [0.2, 0.25) is 0 Å². The van der Waals surface area contributed by atoms with Crippen LogP contribution in [0, 0.1) is 0 Å². The van der Waals surface area contributed by atoms with Crippen LogP contribution < -0.4 is 5.73 Å². The van der Waals surface area contributed by atoms with Crippen molar-refractivity contribution in [2.75, 3.05) is 5.73 Å². The highest BCUT2D eigenvalue weighted by Gasteiger charge is 2.08. The zero-order valence-electron chi connectivity index (χ0n) is 10.6. The molecule has 2 aromatic carbocycles. The maximum Gasteiger partial charge on any atom is 0.336 e. The van der Waals surface area contributed by atoms with E-state index in [9.17, 15) is 9.90 Å². The van der Waals surface area contributed by atoms with Crippen molar-refractivity contribution in [3.8, 4) is 11.1 Å². The summed E-state index contributed by atoms with van der Waals surface area (Å²) >= 11 is 0. The van der Waals surface area contributed by atoms with Crippen LogP contribution >= 0.6 is 0 Å². The van der Waals surface area contributed by atoms with Gasteiger partial charge in [0.05, 0.1) is 5.56 Å². The Kier molecular flexibility index (Phi) is 2.84. The summed E-state index contributed by atoms with van der Waals surface area (Å²) in [7, 11) is 0. The number of nitrogens with zero attached hydrogens (tertiary/aromatic N) is 1. The number of hydrogen-bond acceptors (Lipinski definition) is 3. The molecule has 3 rings (SSSR count). The number of anilines is 1. The Hall–Kier alpha value is -2.88. The van der Waals surface area contributed by atoms with E-state index in [1.54, 1.807) is 24.4 Å². The molecule has 0 spiro atoms. The summed E-state index contributed by atoms with van der Waals surface area (Å²) < 4.78 is 0. The molecule has 1 heterocycles. The molecule has 4 heteroatoms. The molecule has 4 nitrogen and oxygen atoms in total. The number of rotatable bonds is 2. The first kappa shape index (κ1) is 12.2. The number of nitrogens with two attached hydrogens (primary N) is 1. The van der Waals surface area contributed by atoms with E-state index in [1.165, 1.54) is 0 Å².